The van der Waals surface area contributed by atoms with Crippen LogP contribution in [0.5, 0.6) is 0 Å². The number of para-hydroxylation sites is 1. The molecule has 0 aliphatic carbocycles. The number of hydrogen-bond acceptors (Lipinski definition) is 6. The molecule has 0 saturated heterocycles. The number of halogens is 3. The number of carbonyl (C=O) groups excluding carboxylic acids is 4. The van der Waals surface area contributed by atoms with E-state index in [9.17, 15) is 19.2 Å². The van der Waals surface area contributed by atoms with E-state index >= 15 is 0 Å². The summed E-state index contributed by atoms with van der Waals surface area (Å²) in [5.41, 5.74) is -0.655. The van der Waals surface area contributed by atoms with E-state index in [1.165, 1.54) is 26.0 Å². The van der Waals surface area contributed by atoms with E-state index in [0.717, 1.165) is 4.90 Å². The van der Waals surface area contributed by atoms with E-state index < -0.39 is 45.0 Å². The number of nitrogens with one attached hydrogen (secondary N) is 1. The number of anilines is 1. The third-order valence-electron chi connectivity index (χ3n) is 3.94. The predicted molar refractivity (Wildman–Crippen MR) is 123 cm³/mol. The second kappa shape index (κ2) is 11.7. The van der Waals surface area contributed by atoms with Crippen molar-refractivity contribution in [2.45, 2.75) is 50.0 Å². The standard InChI is InChI=1S/C21H27Cl3N2O6/c1-6-31-17(28)14(16(27)25-20(3,4)5)15(18(29)32-7-2)26(19(30)21(22,23)24)13-11-9-8-10-12-13/h8-12,14-15H,6-7H2,1-5H3,(H,25,27). The van der Waals surface area contributed by atoms with Crippen molar-refractivity contribution in [3.8, 4) is 0 Å². The molecule has 0 saturated carbocycles. The Morgan fingerprint density at radius 1 is 0.938 bits per heavy atom. The second-order valence-corrected chi connectivity index (χ2v) is 9.96. The lowest BCUT2D eigenvalue weighted by Gasteiger charge is -2.36. The Morgan fingerprint density at radius 3 is 1.88 bits per heavy atom. The molecule has 1 aromatic carbocycles. The van der Waals surface area contributed by atoms with Crippen LogP contribution in [0.2, 0.25) is 0 Å². The summed E-state index contributed by atoms with van der Waals surface area (Å²) in [5.74, 6) is -5.88. The quantitative estimate of drug-likeness (QED) is 0.327. The average Bonchev–Trinajstić information content (AvgIpc) is 2.66. The van der Waals surface area contributed by atoms with Crippen LogP contribution in [0.1, 0.15) is 34.6 Å². The van der Waals surface area contributed by atoms with Crippen LogP contribution >= 0.6 is 34.8 Å². The van der Waals surface area contributed by atoms with Gasteiger partial charge in [-0.15, -0.1) is 0 Å². The zero-order chi connectivity index (χ0) is 24.7. The van der Waals surface area contributed by atoms with E-state index in [2.05, 4.69) is 5.32 Å². The Morgan fingerprint density at radius 2 is 1.44 bits per heavy atom. The Hall–Kier alpha value is -2.03. The number of esters is 2. The van der Waals surface area contributed by atoms with Crippen molar-refractivity contribution in [2.75, 3.05) is 18.1 Å². The maximum absolute atomic E-state index is 13.2. The third-order valence-corrected chi connectivity index (χ3v) is 4.42. The molecule has 0 radical (unpaired) electrons. The Kier molecular flexibility index (Phi) is 10.3. The van der Waals surface area contributed by atoms with Crippen LogP contribution in [0.25, 0.3) is 0 Å². The number of carbonyl (C=O) groups is 4. The second-order valence-electron chi connectivity index (χ2n) is 7.67. The number of benzene rings is 1. The fourth-order valence-corrected chi connectivity index (χ4v) is 3.08. The van der Waals surface area contributed by atoms with Gasteiger partial charge in [0.15, 0.2) is 12.0 Å². The van der Waals surface area contributed by atoms with Gasteiger partial charge in [-0.05, 0) is 46.8 Å². The average molecular weight is 510 g/mol. The highest BCUT2D eigenvalue weighted by molar-refractivity contribution is 6.77. The van der Waals surface area contributed by atoms with Crippen molar-refractivity contribution >= 4 is 64.2 Å². The summed E-state index contributed by atoms with van der Waals surface area (Å²) < 4.78 is 7.67. The zero-order valence-electron chi connectivity index (χ0n) is 18.5. The zero-order valence-corrected chi connectivity index (χ0v) is 20.8. The number of ether oxygens (including phenoxy) is 2. The Balaban J connectivity index is 3.78. The molecule has 8 nitrogen and oxygen atoms in total. The molecule has 2 atom stereocenters. The van der Waals surface area contributed by atoms with Gasteiger partial charge in [-0.2, -0.15) is 0 Å². The monoisotopic (exact) mass is 508 g/mol. The first-order chi connectivity index (χ1) is 14.7. The van der Waals surface area contributed by atoms with Crippen LogP contribution in [0.4, 0.5) is 5.69 Å². The van der Waals surface area contributed by atoms with Gasteiger partial charge in [0.05, 0.1) is 13.2 Å². The molecule has 0 heterocycles. The lowest BCUT2D eigenvalue weighted by atomic mass is 9.94. The van der Waals surface area contributed by atoms with Gasteiger partial charge in [-0.1, -0.05) is 53.0 Å². The Bertz CT molecular complexity index is 821. The van der Waals surface area contributed by atoms with Crippen LogP contribution in [0, 0.1) is 5.92 Å². The molecule has 0 aliphatic heterocycles. The molecule has 1 N–H and O–H groups in total. The van der Waals surface area contributed by atoms with E-state index in [-0.39, 0.29) is 18.9 Å². The van der Waals surface area contributed by atoms with Crippen LogP contribution in [-0.4, -0.2) is 52.3 Å². The largest absolute Gasteiger partial charge is 0.465 e. The fourth-order valence-electron chi connectivity index (χ4n) is 2.81. The number of amides is 2. The van der Waals surface area contributed by atoms with Gasteiger partial charge in [0.1, 0.15) is 0 Å². The molecule has 0 bridgehead atoms. The highest BCUT2D eigenvalue weighted by Crippen LogP contribution is 2.34. The van der Waals surface area contributed by atoms with E-state index in [1.807, 2.05) is 0 Å². The van der Waals surface area contributed by atoms with Gasteiger partial charge in [-0.3, -0.25) is 19.3 Å². The highest BCUT2D eigenvalue weighted by Gasteiger charge is 2.51. The van der Waals surface area contributed by atoms with Gasteiger partial charge < -0.3 is 14.8 Å². The van der Waals surface area contributed by atoms with Gasteiger partial charge >= 0.3 is 11.9 Å². The minimum atomic E-state index is -2.50. The number of nitrogens with zero attached hydrogens (tertiary/aromatic N) is 1. The molecule has 1 aromatic rings. The molecular weight excluding hydrogens is 483 g/mol. The number of rotatable bonds is 8. The first-order valence-corrected chi connectivity index (χ1v) is 11.0. The third kappa shape index (κ3) is 7.83. The van der Waals surface area contributed by atoms with Crippen molar-refractivity contribution in [1.82, 2.24) is 5.32 Å². The van der Waals surface area contributed by atoms with Crippen molar-refractivity contribution in [1.29, 1.82) is 0 Å². The van der Waals surface area contributed by atoms with Crippen LogP contribution in [0.15, 0.2) is 30.3 Å². The van der Waals surface area contributed by atoms with Gasteiger partial charge in [0.25, 0.3) is 9.70 Å². The summed E-state index contributed by atoms with van der Waals surface area (Å²) in [4.78, 5) is 53.1. The number of alkyl halides is 3. The van der Waals surface area contributed by atoms with Crippen molar-refractivity contribution in [3.05, 3.63) is 30.3 Å². The topological polar surface area (TPSA) is 102 Å². The molecule has 2 unspecified atom stereocenters. The molecule has 0 aliphatic rings. The maximum Gasteiger partial charge on any atom is 0.330 e. The predicted octanol–water partition coefficient (Wildman–Crippen LogP) is 3.42. The number of hydrogen-bond donors (Lipinski definition) is 1. The first-order valence-electron chi connectivity index (χ1n) is 9.85. The summed E-state index contributed by atoms with van der Waals surface area (Å²) in [6.45, 7) is 7.98. The molecule has 0 spiro atoms. The molecule has 0 fully saturated rings. The maximum atomic E-state index is 13.2. The normalized spacial score (nSPS) is 13.5. The van der Waals surface area contributed by atoms with Crippen molar-refractivity contribution < 1.29 is 28.7 Å². The SMILES string of the molecule is CCOC(=O)C(C(=O)NC(C)(C)C)C(C(=O)OCC)N(C(=O)C(Cl)(Cl)Cl)c1ccccc1. The molecule has 11 heteroatoms. The lowest BCUT2D eigenvalue weighted by Crippen LogP contribution is -2.60. The minimum absolute atomic E-state index is 0.0720. The van der Waals surface area contributed by atoms with Gasteiger partial charge in [0.2, 0.25) is 5.91 Å². The van der Waals surface area contributed by atoms with E-state index in [1.54, 1.807) is 39.0 Å². The van der Waals surface area contributed by atoms with E-state index in [4.69, 9.17) is 44.3 Å². The molecule has 0 aromatic heterocycles. The van der Waals surface area contributed by atoms with Gasteiger partial charge in [-0.25, -0.2) is 4.79 Å². The van der Waals surface area contributed by atoms with Crippen LogP contribution in [-0.2, 0) is 28.7 Å². The van der Waals surface area contributed by atoms with Crippen LogP contribution < -0.4 is 10.2 Å². The minimum Gasteiger partial charge on any atom is -0.465 e. The molecule has 2 amide bonds. The first kappa shape index (κ1) is 28.0. The summed E-state index contributed by atoms with van der Waals surface area (Å²) >= 11 is 17.6. The molecule has 1 rings (SSSR count). The van der Waals surface area contributed by atoms with Crippen molar-refractivity contribution in [2.24, 2.45) is 5.92 Å². The smallest absolute Gasteiger partial charge is 0.330 e. The van der Waals surface area contributed by atoms with Crippen LogP contribution in [0.3, 0.4) is 0 Å². The summed E-state index contributed by atoms with van der Waals surface area (Å²) in [6, 6.07) is 5.93. The fraction of sp³-hybridized carbons (Fsp3) is 0.524. The summed E-state index contributed by atoms with van der Waals surface area (Å²) in [5, 5.41) is 2.64. The van der Waals surface area contributed by atoms with E-state index in [0.29, 0.717) is 0 Å². The lowest BCUT2D eigenvalue weighted by molar-refractivity contribution is -0.160. The van der Waals surface area contributed by atoms with Crippen molar-refractivity contribution in [3.63, 3.8) is 0 Å². The summed E-state index contributed by atoms with van der Waals surface area (Å²) in [7, 11) is 0. The molecule has 32 heavy (non-hydrogen) atoms. The Labute approximate surface area is 202 Å². The highest BCUT2D eigenvalue weighted by atomic mass is 35.6. The molecule has 178 valence electrons. The van der Waals surface area contributed by atoms with Gasteiger partial charge in [0, 0.05) is 11.2 Å². The molecular formula is C21H27Cl3N2O6. The summed E-state index contributed by atoms with van der Waals surface area (Å²) in [6.07, 6.45) is 0.